The van der Waals surface area contributed by atoms with Crippen molar-refractivity contribution in [3.8, 4) is 11.5 Å². The van der Waals surface area contributed by atoms with Crippen LogP contribution in [0.15, 0.2) is 36.4 Å². The summed E-state index contributed by atoms with van der Waals surface area (Å²) < 4.78 is 5.48. The highest BCUT2D eigenvalue weighted by molar-refractivity contribution is 6.37. The molecule has 0 aliphatic heterocycles. The van der Waals surface area contributed by atoms with Crippen molar-refractivity contribution in [2.24, 2.45) is 0 Å². The molecule has 0 heterocycles. The first kappa shape index (κ1) is 14.3. The highest BCUT2D eigenvalue weighted by Gasteiger charge is 2.17. The molecule has 7 heteroatoms. The van der Waals surface area contributed by atoms with E-state index < -0.39 is 4.92 Å². The third-order valence-corrected chi connectivity index (χ3v) is 3.01. The Morgan fingerprint density at radius 1 is 1.15 bits per heavy atom. The topological polar surface area (TPSA) is 69.4 Å². The molecule has 20 heavy (non-hydrogen) atoms. The van der Waals surface area contributed by atoms with E-state index in [4.69, 9.17) is 27.9 Å². The number of carbonyl (C=O) groups excluding carboxylic acids is 1. The first-order chi connectivity index (χ1) is 9.52. The highest BCUT2D eigenvalue weighted by atomic mass is 35.5. The van der Waals surface area contributed by atoms with Gasteiger partial charge in [0.2, 0.25) is 0 Å². The maximum atomic E-state index is 10.9. The van der Waals surface area contributed by atoms with Crippen molar-refractivity contribution in [3.63, 3.8) is 0 Å². The monoisotopic (exact) mass is 311 g/mol. The van der Waals surface area contributed by atoms with Crippen molar-refractivity contribution in [3.05, 3.63) is 62.1 Å². The molecule has 0 aliphatic rings. The zero-order chi connectivity index (χ0) is 14.7. The van der Waals surface area contributed by atoms with E-state index in [1.165, 1.54) is 0 Å². The number of para-hydroxylation sites is 1. The number of rotatable bonds is 4. The van der Waals surface area contributed by atoms with Gasteiger partial charge in [0.1, 0.15) is 5.75 Å². The zero-order valence-electron chi connectivity index (χ0n) is 9.88. The number of hydrogen-bond donors (Lipinski definition) is 0. The van der Waals surface area contributed by atoms with Crippen molar-refractivity contribution < 1.29 is 14.5 Å². The summed E-state index contributed by atoms with van der Waals surface area (Å²) in [4.78, 5) is 21.0. The fourth-order valence-corrected chi connectivity index (χ4v) is 2.08. The van der Waals surface area contributed by atoms with Gasteiger partial charge in [0, 0.05) is 12.1 Å². The van der Waals surface area contributed by atoms with Crippen LogP contribution in [0.2, 0.25) is 10.0 Å². The van der Waals surface area contributed by atoms with Crippen molar-refractivity contribution in [1.29, 1.82) is 0 Å². The minimum absolute atomic E-state index is 0.00935. The highest BCUT2D eigenvalue weighted by Crippen LogP contribution is 2.39. The summed E-state index contributed by atoms with van der Waals surface area (Å²) in [5.74, 6) is 0.327. The first-order valence-electron chi connectivity index (χ1n) is 5.38. The fourth-order valence-electron chi connectivity index (χ4n) is 1.53. The fraction of sp³-hybridized carbons (Fsp3) is 0. The van der Waals surface area contributed by atoms with Crippen LogP contribution in [0.3, 0.4) is 0 Å². The number of non-ortho nitro benzene ring substituents is 1. The molecule has 0 spiro atoms. The van der Waals surface area contributed by atoms with Gasteiger partial charge >= 0.3 is 0 Å². The predicted molar refractivity (Wildman–Crippen MR) is 75.0 cm³/mol. The molecule has 5 nitrogen and oxygen atoms in total. The molecule has 0 radical (unpaired) electrons. The van der Waals surface area contributed by atoms with Crippen LogP contribution in [0, 0.1) is 10.1 Å². The third-order valence-electron chi connectivity index (χ3n) is 2.45. The molecule has 0 amide bonds. The normalized spacial score (nSPS) is 10.1. The Morgan fingerprint density at radius 3 is 2.30 bits per heavy atom. The third kappa shape index (κ3) is 2.89. The van der Waals surface area contributed by atoms with Crippen LogP contribution in [0.25, 0.3) is 0 Å². The van der Waals surface area contributed by atoms with Gasteiger partial charge in [-0.25, -0.2) is 0 Å². The van der Waals surface area contributed by atoms with Gasteiger partial charge in [-0.15, -0.1) is 0 Å². The molecular formula is C13H7Cl2NO4. The molecule has 0 atom stereocenters. The van der Waals surface area contributed by atoms with E-state index in [1.807, 2.05) is 0 Å². The summed E-state index contributed by atoms with van der Waals surface area (Å²) >= 11 is 11.8. The van der Waals surface area contributed by atoms with Crippen LogP contribution in [0.1, 0.15) is 10.4 Å². The SMILES string of the molecule is O=Cc1ccccc1Oc1c(Cl)cc([N+](=O)[O-])cc1Cl. The molecule has 0 aliphatic carbocycles. The van der Waals surface area contributed by atoms with Gasteiger partial charge < -0.3 is 4.74 Å². The van der Waals surface area contributed by atoms with E-state index in [9.17, 15) is 14.9 Å². The van der Waals surface area contributed by atoms with Crippen LogP contribution in [-0.4, -0.2) is 11.2 Å². The first-order valence-corrected chi connectivity index (χ1v) is 6.14. The summed E-state index contributed by atoms with van der Waals surface area (Å²) in [7, 11) is 0. The van der Waals surface area contributed by atoms with E-state index in [2.05, 4.69) is 0 Å². The minimum Gasteiger partial charge on any atom is -0.453 e. The molecule has 2 rings (SSSR count). The lowest BCUT2D eigenvalue weighted by Crippen LogP contribution is -1.93. The molecule has 2 aromatic rings. The van der Waals surface area contributed by atoms with Gasteiger partial charge in [-0.1, -0.05) is 35.3 Å². The molecule has 0 saturated carbocycles. The Kier molecular flexibility index (Phi) is 4.22. The summed E-state index contributed by atoms with van der Waals surface area (Å²) in [5.41, 5.74) is 0.0778. The number of hydrogen-bond acceptors (Lipinski definition) is 4. The molecule has 102 valence electrons. The summed E-state index contributed by atoms with van der Waals surface area (Å²) in [6.45, 7) is 0. The van der Waals surface area contributed by atoms with E-state index >= 15 is 0 Å². The van der Waals surface area contributed by atoms with Crippen LogP contribution in [0.4, 0.5) is 5.69 Å². The van der Waals surface area contributed by atoms with Crippen LogP contribution in [-0.2, 0) is 0 Å². The number of nitro benzene ring substituents is 1. The summed E-state index contributed by atoms with van der Waals surface area (Å²) in [6, 6.07) is 8.75. The summed E-state index contributed by atoms with van der Waals surface area (Å²) in [6.07, 6.45) is 0.628. The molecule has 0 aromatic heterocycles. The van der Waals surface area contributed by atoms with Crippen molar-refractivity contribution >= 4 is 35.2 Å². The lowest BCUT2D eigenvalue weighted by Gasteiger charge is -2.10. The number of nitrogens with zero attached hydrogens (tertiary/aromatic N) is 1. The number of benzene rings is 2. The zero-order valence-corrected chi connectivity index (χ0v) is 11.4. The second kappa shape index (κ2) is 5.90. The smallest absolute Gasteiger partial charge is 0.272 e. The van der Waals surface area contributed by atoms with E-state index in [0.29, 0.717) is 11.8 Å². The van der Waals surface area contributed by atoms with Gasteiger partial charge in [-0.05, 0) is 12.1 Å². The second-order valence-corrected chi connectivity index (χ2v) is 4.57. The standard InChI is InChI=1S/C13H7Cl2NO4/c14-10-5-9(16(18)19)6-11(15)13(10)20-12-4-2-1-3-8(12)7-17/h1-7H. The van der Waals surface area contributed by atoms with Crippen molar-refractivity contribution in [2.45, 2.75) is 0 Å². The molecule has 0 unspecified atom stereocenters. The molecular weight excluding hydrogens is 305 g/mol. The average Bonchev–Trinajstić information content (AvgIpc) is 2.42. The number of aldehydes is 1. The van der Waals surface area contributed by atoms with Gasteiger partial charge in [-0.2, -0.15) is 0 Å². The Balaban J connectivity index is 2.44. The Bertz CT molecular complexity index is 665. The van der Waals surface area contributed by atoms with Gasteiger partial charge in [-0.3, -0.25) is 14.9 Å². The maximum Gasteiger partial charge on any atom is 0.272 e. The maximum absolute atomic E-state index is 10.9. The van der Waals surface area contributed by atoms with Crippen molar-refractivity contribution in [1.82, 2.24) is 0 Å². The minimum atomic E-state index is -0.610. The lowest BCUT2D eigenvalue weighted by molar-refractivity contribution is -0.384. The number of nitro groups is 1. The van der Waals surface area contributed by atoms with Crippen LogP contribution in [0.5, 0.6) is 11.5 Å². The summed E-state index contributed by atoms with van der Waals surface area (Å²) in [5, 5.41) is 10.7. The number of halogens is 2. The van der Waals surface area contributed by atoms with E-state index in [0.717, 1.165) is 12.1 Å². The second-order valence-electron chi connectivity index (χ2n) is 3.75. The van der Waals surface area contributed by atoms with Crippen molar-refractivity contribution in [2.75, 3.05) is 0 Å². The predicted octanol–water partition coefficient (Wildman–Crippen LogP) is 4.51. The molecule has 0 fully saturated rings. The largest absolute Gasteiger partial charge is 0.453 e. The molecule has 0 bridgehead atoms. The number of carbonyl (C=O) groups is 1. The lowest BCUT2D eigenvalue weighted by atomic mass is 10.2. The average molecular weight is 312 g/mol. The molecule has 0 saturated heterocycles. The molecule has 2 aromatic carbocycles. The van der Waals surface area contributed by atoms with Gasteiger partial charge in [0.25, 0.3) is 5.69 Å². The van der Waals surface area contributed by atoms with Crippen LogP contribution >= 0.6 is 23.2 Å². The molecule has 0 N–H and O–H groups in total. The Hall–Kier alpha value is -2.11. The Labute approximate surface area is 123 Å². The van der Waals surface area contributed by atoms with E-state index in [1.54, 1.807) is 24.3 Å². The van der Waals surface area contributed by atoms with Gasteiger partial charge in [0.15, 0.2) is 12.0 Å². The quantitative estimate of drug-likeness (QED) is 0.473. The van der Waals surface area contributed by atoms with Gasteiger partial charge in [0.05, 0.1) is 20.5 Å². The van der Waals surface area contributed by atoms with E-state index in [-0.39, 0.29) is 27.2 Å². The number of ether oxygens (including phenoxy) is 1. The van der Waals surface area contributed by atoms with Crippen LogP contribution < -0.4 is 4.74 Å². The Morgan fingerprint density at radius 2 is 1.75 bits per heavy atom.